The van der Waals surface area contributed by atoms with Gasteiger partial charge in [-0.3, -0.25) is 20.2 Å². The first kappa shape index (κ1) is 19.8. The molecule has 0 N–H and O–H groups in total. The van der Waals surface area contributed by atoms with Crippen LogP contribution < -0.4 is 0 Å². The van der Waals surface area contributed by atoms with E-state index in [0.717, 1.165) is 54.6 Å². The Morgan fingerprint density at radius 3 is 1.32 bits per heavy atom. The van der Waals surface area contributed by atoms with Crippen molar-refractivity contribution in [2.45, 2.75) is 0 Å². The molecule has 0 saturated carbocycles. The van der Waals surface area contributed by atoms with Crippen molar-refractivity contribution in [2.24, 2.45) is 0 Å². The molecular formula is C28H16N2O4. The van der Waals surface area contributed by atoms with Crippen LogP contribution >= 0.6 is 0 Å². The summed E-state index contributed by atoms with van der Waals surface area (Å²) in [5.74, 6) is 0. The summed E-state index contributed by atoms with van der Waals surface area (Å²) in [6, 6.07) is 29.8. The zero-order valence-electron chi connectivity index (χ0n) is 17.8. The second-order valence-corrected chi connectivity index (χ2v) is 8.26. The summed E-state index contributed by atoms with van der Waals surface area (Å²) < 4.78 is 0. The van der Waals surface area contributed by atoms with Crippen LogP contribution in [0.15, 0.2) is 97.1 Å². The van der Waals surface area contributed by atoms with Crippen molar-refractivity contribution in [3.8, 4) is 22.3 Å². The lowest BCUT2D eigenvalue weighted by molar-refractivity contribution is -0.385. The number of nitro groups is 2. The molecule has 0 aliphatic carbocycles. The summed E-state index contributed by atoms with van der Waals surface area (Å²) in [4.78, 5) is 21.4. The molecule has 0 bridgehead atoms. The fourth-order valence-corrected chi connectivity index (χ4v) is 4.86. The Labute approximate surface area is 193 Å². The number of nitrogens with zero attached hydrogens (tertiary/aromatic N) is 2. The smallest absolute Gasteiger partial charge is 0.258 e. The van der Waals surface area contributed by atoms with Gasteiger partial charge < -0.3 is 0 Å². The summed E-state index contributed by atoms with van der Waals surface area (Å²) in [5, 5.41) is 28.8. The van der Waals surface area contributed by atoms with Gasteiger partial charge in [-0.25, -0.2) is 0 Å². The van der Waals surface area contributed by atoms with Gasteiger partial charge in [-0.2, -0.15) is 0 Å². The first-order valence-electron chi connectivity index (χ1n) is 10.7. The molecular weight excluding hydrogens is 428 g/mol. The predicted molar refractivity (Wildman–Crippen MR) is 134 cm³/mol. The van der Waals surface area contributed by atoms with E-state index in [1.165, 1.54) is 24.3 Å². The van der Waals surface area contributed by atoms with Crippen molar-refractivity contribution in [3.63, 3.8) is 0 Å². The SMILES string of the molecule is O=[N+]([O-])c1ccc(-c2cc3cccc4cc(-c5ccc([N+](=O)[O-])cc5)c5cccc2c5c34)cc1. The Bertz CT molecular complexity index is 1620. The van der Waals surface area contributed by atoms with Crippen molar-refractivity contribution in [1.29, 1.82) is 0 Å². The maximum Gasteiger partial charge on any atom is 0.269 e. The number of nitro benzene ring substituents is 2. The quantitative estimate of drug-likeness (QED) is 0.158. The topological polar surface area (TPSA) is 86.3 Å². The average molecular weight is 444 g/mol. The molecule has 0 aromatic heterocycles. The third-order valence-electron chi connectivity index (χ3n) is 6.40. The van der Waals surface area contributed by atoms with Gasteiger partial charge in [0.05, 0.1) is 9.85 Å². The van der Waals surface area contributed by atoms with E-state index in [0.29, 0.717) is 0 Å². The molecule has 0 aliphatic rings. The maximum atomic E-state index is 11.1. The number of non-ortho nitro benzene ring substituents is 2. The summed E-state index contributed by atoms with van der Waals surface area (Å²) in [6.07, 6.45) is 0. The third kappa shape index (κ3) is 2.97. The zero-order chi connectivity index (χ0) is 23.4. The minimum Gasteiger partial charge on any atom is -0.258 e. The van der Waals surface area contributed by atoms with Crippen LogP contribution in [0.1, 0.15) is 0 Å². The van der Waals surface area contributed by atoms with Gasteiger partial charge in [-0.15, -0.1) is 0 Å². The lowest BCUT2D eigenvalue weighted by atomic mass is 9.86. The highest BCUT2D eigenvalue weighted by Gasteiger charge is 2.17. The van der Waals surface area contributed by atoms with E-state index in [1.807, 2.05) is 12.1 Å². The number of hydrogen-bond acceptors (Lipinski definition) is 4. The molecule has 0 heterocycles. The van der Waals surface area contributed by atoms with E-state index < -0.39 is 9.85 Å². The molecule has 34 heavy (non-hydrogen) atoms. The number of hydrogen-bond donors (Lipinski definition) is 0. The van der Waals surface area contributed by atoms with E-state index in [-0.39, 0.29) is 11.4 Å². The molecule has 0 spiro atoms. The molecule has 6 aromatic carbocycles. The standard InChI is InChI=1S/C28H16N2O4/c31-29(32)21-11-7-17(8-12-21)25-15-19-3-1-4-20-16-26(18-9-13-22(14-10-18)30(33)34)24-6-2-5-23(25)28(24)27(19)20/h1-16H. The van der Waals surface area contributed by atoms with Crippen molar-refractivity contribution in [2.75, 3.05) is 0 Å². The first-order valence-corrected chi connectivity index (χ1v) is 10.7. The van der Waals surface area contributed by atoms with Crippen LogP contribution in [0, 0.1) is 20.2 Å². The van der Waals surface area contributed by atoms with Gasteiger partial charge in [0.1, 0.15) is 0 Å². The van der Waals surface area contributed by atoms with Crippen LogP contribution in [0.25, 0.3) is 54.6 Å². The van der Waals surface area contributed by atoms with Gasteiger partial charge in [0.2, 0.25) is 0 Å². The lowest BCUT2D eigenvalue weighted by Gasteiger charge is -2.18. The highest BCUT2D eigenvalue weighted by Crippen LogP contribution is 2.44. The number of rotatable bonds is 4. The third-order valence-corrected chi connectivity index (χ3v) is 6.40. The van der Waals surface area contributed by atoms with Crippen molar-refractivity contribution >= 4 is 43.7 Å². The van der Waals surface area contributed by atoms with E-state index in [1.54, 1.807) is 24.3 Å². The van der Waals surface area contributed by atoms with Gasteiger partial charge in [0.25, 0.3) is 11.4 Å². The molecule has 0 radical (unpaired) electrons. The Kier molecular flexibility index (Phi) is 4.28. The lowest BCUT2D eigenvalue weighted by Crippen LogP contribution is -1.92. The number of benzene rings is 6. The molecule has 0 amide bonds. The van der Waals surface area contributed by atoms with Crippen LogP contribution in [0.3, 0.4) is 0 Å². The first-order chi connectivity index (χ1) is 16.5. The monoisotopic (exact) mass is 444 g/mol. The highest BCUT2D eigenvalue weighted by atomic mass is 16.6. The highest BCUT2D eigenvalue weighted by molar-refractivity contribution is 6.29. The van der Waals surface area contributed by atoms with Crippen LogP contribution in [0.2, 0.25) is 0 Å². The molecule has 6 rings (SSSR count). The molecule has 162 valence electrons. The van der Waals surface area contributed by atoms with Crippen LogP contribution in [-0.4, -0.2) is 9.85 Å². The van der Waals surface area contributed by atoms with E-state index in [9.17, 15) is 20.2 Å². The largest absolute Gasteiger partial charge is 0.269 e. The van der Waals surface area contributed by atoms with Crippen LogP contribution in [0.5, 0.6) is 0 Å². The maximum absolute atomic E-state index is 11.1. The summed E-state index contributed by atoms with van der Waals surface area (Å²) in [6.45, 7) is 0. The molecule has 0 unspecified atom stereocenters. The molecule has 6 nitrogen and oxygen atoms in total. The Hall–Kier alpha value is -4.84. The van der Waals surface area contributed by atoms with Gasteiger partial charge in [0.15, 0.2) is 0 Å². The molecule has 0 aliphatic heterocycles. The van der Waals surface area contributed by atoms with Crippen molar-refractivity contribution < 1.29 is 9.85 Å². The Morgan fingerprint density at radius 1 is 0.500 bits per heavy atom. The Morgan fingerprint density at radius 2 is 0.912 bits per heavy atom. The molecule has 0 saturated heterocycles. The Balaban J connectivity index is 1.67. The zero-order valence-corrected chi connectivity index (χ0v) is 17.8. The minimum absolute atomic E-state index is 0.0568. The molecule has 6 aromatic rings. The van der Waals surface area contributed by atoms with Gasteiger partial charge >= 0.3 is 0 Å². The fraction of sp³-hybridized carbons (Fsp3) is 0. The van der Waals surface area contributed by atoms with Crippen molar-refractivity contribution in [1.82, 2.24) is 0 Å². The second kappa shape index (κ2) is 7.35. The molecule has 0 fully saturated rings. The second-order valence-electron chi connectivity index (χ2n) is 8.26. The predicted octanol–water partition coefficient (Wildman–Crippen LogP) is 7.73. The van der Waals surface area contributed by atoms with E-state index in [2.05, 4.69) is 36.4 Å². The summed E-state index contributed by atoms with van der Waals surface area (Å²) in [7, 11) is 0. The molecule has 0 atom stereocenters. The van der Waals surface area contributed by atoms with Gasteiger partial charge in [-0.1, -0.05) is 36.4 Å². The fourth-order valence-electron chi connectivity index (χ4n) is 4.86. The van der Waals surface area contributed by atoms with Gasteiger partial charge in [0, 0.05) is 24.3 Å². The summed E-state index contributed by atoms with van der Waals surface area (Å²) >= 11 is 0. The average Bonchev–Trinajstić information content (AvgIpc) is 2.87. The normalized spacial score (nSPS) is 11.4. The summed E-state index contributed by atoms with van der Waals surface area (Å²) in [5.41, 5.74) is 3.92. The molecule has 6 heteroatoms. The van der Waals surface area contributed by atoms with E-state index >= 15 is 0 Å². The van der Waals surface area contributed by atoms with Gasteiger partial charge in [-0.05, 0) is 91.0 Å². The van der Waals surface area contributed by atoms with Crippen LogP contribution in [0.4, 0.5) is 11.4 Å². The van der Waals surface area contributed by atoms with Crippen LogP contribution in [-0.2, 0) is 0 Å². The minimum atomic E-state index is -0.397. The van der Waals surface area contributed by atoms with Crippen molar-refractivity contribution in [3.05, 3.63) is 117 Å². The van der Waals surface area contributed by atoms with E-state index in [4.69, 9.17) is 0 Å².